The highest BCUT2D eigenvalue weighted by molar-refractivity contribution is 7.89. The number of thiazole rings is 1. The van der Waals surface area contributed by atoms with E-state index >= 15 is 0 Å². The van der Waals surface area contributed by atoms with Gasteiger partial charge in [0.2, 0.25) is 10.0 Å². The van der Waals surface area contributed by atoms with E-state index in [0.29, 0.717) is 18.0 Å². The Bertz CT molecular complexity index is 822. The first-order valence-corrected chi connectivity index (χ1v) is 10.3. The van der Waals surface area contributed by atoms with Crippen LogP contribution in [-0.2, 0) is 16.6 Å². The zero-order valence-electron chi connectivity index (χ0n) is 14.3. The van der Waals surface area contributed by atoms with E-state index in [9.17, 15) is 8.42 Å². The number of hydrogen-bond donors (Lipinski definition) is 0. The quantitative estimate of drug-likeness (QED) is 0.836. The number of piperazine rings is 1. The number of benzene rings is 1. The predicted octanol–water partition coefficient (Wildman–Crippen LogP) is 2.57. The van der Waals surface area contributed by atoms with Crippen molar-refractivity contribution in [3.8, 4) is 0 Å². The van der Waals surface area contributed by atoms with Crippen LogP contribution in [-0.4, -0.2) is 48.8 Å². The maximum Gasteiger partial charge on any atom is 0.243 e. The number of aromatic nitrogens is 1. The minimum Gasteiger partial charge on any atom is -0.294 e. The molecule has 3 rings (SSSR count). The Morgan fingerprint density at radius 2 is 1.79 bits per heavy atom. The summed E-state index contributed by atoms with van der Waals surface area (Å²) in [5.74, 6) is 0. The topological polar surface area (TPSA) is 53.5 Å². The van der Waals surface area contributed by atoms with Crippen molar-refractivity contribution in [1.82, 2.24) is 14.2 Å². The summed E-state index contributed by atoms with van der Waals surface area (Å²) in [4.78, 5) is 8.26. The van der Waals surface area contributed by atoms with Crippen LogP contribution in [0.5, 0.6) is 0 Å². The minimum absolute atomic E-state index is 0.398. The fourth-order valence-corrected chi connectivity index (χ4v) is 5.15. The summed E-state index contributed by atoms with van der Waals surface area (Å²) in [5.41, 5.74) is 2.12. The smallest absolute Gasteiger partial charge is 0.243 e. The fraction of sp³-hybridized carbons (Fsp3) is 0.471. The van der Waals surface area contributed by atoms with Crippen molar-refractivity contribution in [3.05, 3.63) is 45.4 Å². The molecule has 1 aromatic carbocycles. The first-order valence-electron chi connectivity index (χ1n) is 8.07. The van der Waals surface area contributed by atoms with Gasteiger partial charge in [-0.1, -0.05) is 6.07 Å². The molecule has 7 heteroatoms. The third-order valence-corrected chi connectivity index (χ3v) is 7.27. The van der Waals surface area contributed by atoms with Crippen LogP contribution >= 0.6 is 11.3 Å². The van der Waals surface area contributed by atoms with Gasteiger partial charge < -0.3 is 0 Å². The van der Waals surface area contributed by atoms with Gasteiger partial charge in [0.1, 0.15) is 5.01 Å². The fourth-order valence-electron chi connectivity index (χ4n) is 2.82. The predicted molar refractivity (Wildman–Crippen MR) is 96.8 cm³/mol. The Kier molecular flexibility index (Phi) is 5.05. The van der Waals surface area contributed by atoms with E-state index in [2.05, 4.69) is 16.8 Å². The van der Waals surface area contributed by atoms with Crippen LogP contribution in [0.3, 0.4) is 0 Å². The Morgan fingerprint density at radius 3 is 2.38 bits per heavy atom. The summed E-state index contributed by atoms with van der Waals surface area (Å²) >= 11 is 1.70. The summed E-state index contributed by atoms with van der Waals surface area (Å²) in [6.07, 6.45) is 1.89. The van der Waals surface area contributed by atoms with Crippen molar-refractivity contribution in [2.45, 2.75) is 32.2 Å². The summed E-state index contributed by atoms with van der Waals surface area (Å²) in [7, 11) is -3.40. The highest BCUT2D eigenvalue weighted by atomic mass is 32.2. The highest BCUT2D eigenvalue weighted by Gasteiger charge is 2.28. The van der Waals surface area contributed by atoms with Crippen LogP contribution in [0.2, 0.25) is 0 Å². The van der Waals surface area contributed by atoms with Crippen molar-refractivity contribution in [1.29, 1.82) is 0 Å². The molecule has 1 fully saturated rings. The maximum absolute atomic E-state index is 12.8. The minimum atomic E-state index is -3.40. The van der Waals surface area contributed by atoms with E-state index in [1.54, 1.807) is 27.8 Å². The molecule has 1 aromatic heterocycles. The molecule has 0 spiro atoms. The van der Waals surface area contributed by atoms with E-state index in [1.807, 2.05) is 26.1 Å². The number of rotatable bonds is 4. The van der Waals surface area contributed by atoms with E-state index < -0.39 is 10.0 Å². The average Bonchev–Trinajstić information content (AvgIpc) is 2.95. The van der Waals surface area contributed by atoms with Gasteiger partial charge in [-0.3, -0.25) is 4.90 Å². The van der Waals surface area contributed by atoms with Gasteiger partial charge in [-0.05, 0) is 44.0 Å². The molecule has 0 unspecified atom stereocenters. The molecular formula is C17H23N3O2S2. The molecule has 1 aliphatic heterocycles. The first-order chi connectivity index (χ1) is 11.4. The van der Waals surface area contributed by atoms with Gasteiger partial charge in [0.15, 0.2) is 0 Å². The second-order valence-electron chi connectivity index (χ2n) is 6.29. The average molecular weight is 366 g/mol. The lowest BCUT2D eigenvalue weighted by Gasteiger charge is -2.33. The van der Waals surface area contributed by atoms with E-state index in [4.69, 9.17) is 0 Å². The number of sulfonamides is 1. The molecule has 5 nitrogen and oxygen atoms in total. The second-order valence-corrected chi connectivity index (χ2v) is 9.55. The zero-order chi connectivity index (χ0) is 17.3. The molecule has 0 amide bonds. The molecule has 1 aliphatic rings. The molecule has 0 N–H and O–H groups in total. The van der Waals surface area contributed by atoms with E-state index in [-0.39, 0.29) is 0 Å². The van der Waals surface area contributed by atoms with E-state index in [0.717, 1.165) is 35.8 Å². The molecule has 1 saturated heterocycles. The summed E-state index contributed by atoms with van der Waals surface area (Å²) < 4.78 is 27.2. The summed E-state index contributed by atoms with van der Waals surface area (Å²) in [5, 5.41) is 1.10. The summed E-state index contributed by atoms with van der Waals surface area (Å²) in [6, 6.07) is 5.36. The van der Waals surface area contributed by atoms with Crippen molar-refractivity contribution >= 4 is 21.4 Å². The lowest BCUT2D eigenvalue weighted by molar-refractivity contribution is 0.181. The Labute approximate surface area is 148 Å². The van der Waals surface area contributed by atoms with Gasteiger partial charge in [0, 0.05) is 37.3 Å². The first kappa shape index (κ1) is 17.5. The van der Waals surface area contributed by atoms with Crippen LogP contribution in [0.4, 0.5) is 0 Å². The molecule has 2 aromatic rings. The molecule has 2 heterocycles. The third-order valence-electron chi connectivity index (χ3n) is 4.48. The van der Waals surface area contributed by atoms with Gasteiger partial charge in [-0.25, -0.2) is 13.4 Å². The highest BCUT2D eigenvalue weighted by Crippen LogP contribution is 2.21. The zero-order valence-corrected chi connectivity index (χ0v) is 16.0. The standard InChI is InChI=1S/C17H23N3O2S2/c1-13-4-5-16(10-14(13)2)24(21,22)20-8-6-19(7-9-20)12-17-18-11-15(3)23-17/h4-5,10-11H,6-9,12H2,1-3H3. The molecule has 130 valence electrons. The number of aryl methyl sites for hydroxylation is 3. The SMILES string of the molecule is Cc1cnc(CN2CCN(S(=O)(=O)c3ccc(C)c(C)c3)CC2)s1. The van der Waals surface area contributed by atoms with Crippen LogP contribution in [0.25, 0.3) is 0 Å². The van der Waals surface area contributed by atoms with Gasteiger partial charge >= 0.3 is 0 Å². The lowest BCUT2D eigenvalue weighted by Crippen LogP contribution is -2.48. The Balaban J connectivity index is 1.65. The van der Waals surface area contributed by atoms with E-state index in [1.165, 1.54) is 4.88 Å². The normalized spacial score (nSPS) is 17.3. The molecule has 0 bridgehead atoms. The van der Waals surface area contributed by atoms with Crippen molar-refractivity contribution in [2.75, 3.05) is 26.2 Å². The lowest BCUT2D eigenvalue weighted by atomic mass is 10.1. The molecule has 0 atom stereocenters. The second kappa shape index (κ2) is 6.92. The van der Waals surface area contributed by atoms with Gasteiger partial charge in [0.05, 0.1) is 11.4 Å². The number of hydrogen-bond acceptors (Lipinski definition) is 5. The van der Waals surface area contributed by atoms with Crippen LogP contribution in [0, 0.1) is 20.8 Å². The largest absolute Gasteiger partial charge is 0.294 e. The van der Waals surface area contributed by atoms with Gasteiger partial charge in [-0.2, -0.15) is 4.31 Å². The number of nitrogens with zero attached hydrogens (tertiary/aromatic N) is 3. The third kappa shape index (κ3) is 3.69. The van der Waals surface area contributed by atoms with Crippen LogP contribution in [0.15, 0.2) is 29.3 Å². The van der Waals surface area contributed by atoms with Crippen molar-refractivity contribution < 1.29 is 8.42 Å². The van der Waals surface area contributed by atoms with Gasteiger partial charge in [-0.15, -0.1) is 11.3 Å². The molecular weight excluding hydrogens is 342 g/mol. The monoisotopic (exact) mass is 365 g/mol. The maximum atomic E-state index is 12.8. The van der Waals surface area contributed by atoms with Crippen molar-refractivity contribution in [2.24, 2.45) is 0 Å². The summed E-state index contributed by atoms with van der Waals surface area (Å²) in [6.45, 7) is 9.32. The van der Waals surface area contributed by atoms with Crippen molar-refractivity contribution in [3.63, 3.8) is 0 Å². The van der Waals surface area contributed by atoms with Crippen LogP contribution in [0.1, 0.15) is 21.0 Å². The molecule has 0 radical (unpaired) electrons. The molecule has 0 saturated carbocycles. The molecule has 24 heavy (non-hydrogen) atoms. The van der Waals surface area contributed by atoms with Crippen LogP contribution < -0.4 is 0 Å². The molecule has 0 aliphatic carbocycles. The Hall–Kier alpha value is -1.28. The Morgan fingerprint density at radius 1 is 1.08 bits per heavy atom. The van der Waals surface area contributed by atoms with Gasteiger partial charge in [0.25, 0.3) is 0 Å².